The van der Waals surface area contributed by atoms with Gasteiger partial charge >= 0.3 is 6.03 Å². The van der Waals surface area contributed by atoms with Gasteiger partial charge in [0.2, 0.25) is 0 Å². The molecule has 2 heterocycles. The van der Waals surface area contributed by atoms with Crippen LogP contribution in [0.25, 0.3) is 0 Å². The minimum absolute atomic E-state index is 0.123. The lowest BCUT2D eigenvalue weighted by Gasteiger charge is -2.34. The van der Waals surface area contributed by atoms with Crippen molar-refractivity contribution >= 4 is 33.1 Å². The van der Waals surface area contributed by atoms with Crippen molar-refractivity contribution in [1.82, 2.24) is 9.62 Å². The predicted octanol–water partition coefficient (Wildman–Crippen LogP) is 3.52. The van der Waals surface area contributed by atoms with Gasteiger partial charge in [0.05, 0.1) is 19.9 Å². The van der Waals surface area contributed by atoms with Gasteiger partial charge in [0, 0.05) is 25.2 Å². The molecule has 1 aliphatic heterocycles. The minimum Gasteiger partial charge on any atom is -0.497 e. The number of amides is 2. The predicted molar refractivity (Wildman–Crippen MR) is 117 cm³/mol. The van der Waals surface area contributed by atoms with E-state index in [1.54, 1.807) is 47.1 Å². The maximum atomic E-state index is 12.9. The van der Waals surface area contributed by atoms with Crippen molar-refractivity contribution in [3.05, 3.63) is 35.7 Å². The van der Waals surface area contributed by atoms with E-state index in [0.29, 0.717) is 40.9 Å². The molecule has 3 rings (SSSR count). The number of hydrogen-bond donors (Lipinski definition) is 2. The number of piperidine rings is 1. The maximum Gasteiger partial charge on any atom is 0.319 e. The van der Waals surface area contributed by atoms with E-state index >= 15 is 0 Å². The van der Waals surface area contributed by atoms with Crippen LogP contribution in [0, 0.1) is 0 Å². The molecule has 1 saturated heterocycles. The van der Waals surface area contributed by atoms with E-state index in [4.69, 9.17) is 9.47 Å². The van der Waals surface area contributed by atoms with E-state index < -0.39 is 10.0 Å². The fourth-order valence-corrected chi connectivity index (χ4v) is 6.37. The molecule has 164 valence electrons. The molecule has 2 N–H and O–H groups in total. The topological polar surface area (TPSA) is 97.0 Å². The van der Waals surface area contributed by atoms with Gasteiger partial charge in [0.1, 0.15) is 15.7 Å². The lowest BCUT2D eigenvalue weighted by Crippen LogP contribution is -2.45. The molecule has 1 aromatic carbocycles. The molecule has 1 unspecified atom stereocenters. The molecule has 1 atom stereocenters. The summed E-state index contributed by atoms with van der Waals surface area (Å²) in [5, 5.41) is 7.33. The standard InChI is InChI=1S/C20H27N3O5S2/c1-27-16-8-9-17(18(14-16)28-2)22-20(24)21-11-10-15-6-3-4-12-23(15)30(25,26)19-7-5-13-29-19/h5,7-9,13-15H,3-4,6,10-12H2,1-2H3,(H2,21,22,24). The van der Waals surface area contributed by atoms with Crippen LogP contribution in [0.1, 0.15) is 25.7 Å². The second-order valence-electron chi connectivity index (χ2n) is 6.93. The van der Waals surface area contributed by atoms with Crippen molar-refractivity contribution < 1.29 is 22.7 Å². The van der Waals surface area contributed by atoms with Crippen molar-refractivity contribution in [2.75, 3.05) is 32.6 Å². The molecule has 2 amide bonds. The Balaban J connectivity index is 1.56. The Kier molecular flexibility index (Phi) is 7.57. The van der Waals surface area contributed by atoms with Gasteiger partial charge in [-0.25, -0.2) is 13.2 Å². The normalized spacial score (nSPS) is 17.3. The fourth-order valence-electron chi connectivity index (χ4n) is 3.53. The summed E-state index contributed by atoms with van der Waals surface area (Å²) in [6, 6.07) is 8.00. The first-order valence-corrected chi connectivity index (χ1v) is 12.1. The number of carbonyl (C=O) groups is 1. The summed E-state index contributed by atoms with van der Waals surface area (Å²) in [6.45, 7) is 0.881. The summed E-state index contributed by atoms with van der Waals surface area (Å²) >= 11 is 1.23. The number of anilines is 1. The Hall–Kier alpha value is -2.30. The van der Waals surface area contributed by atoms with Crippen molar-refractivity contribution in [2.24, 2.45) is 0 Å². The van der Waals surface area contributed by atoms with Crippen LogP contribution in [0.5, 0.6) is 11.5 Å². The zero-order valence-corrected chi connectivity index (χ0v) is 18.7. The SMILES string of the molecule is COc1ccc(NC(=O)NCCC2CCCCN2S(=O)(=O)c2cccs2)c(OC)c1. The molecule has 30 heavy (non-hydrogen) atoms. The summed E-state index contributed by atoms with van der Waals surface area (Å²) in [7, 11) is -0.413. The number of hydrogen-bond acceptors (Lipinski definition) is 6. The fraction of sp³-hybridized carbons (Fsp3) is 0.450. The van der Waals surface area contributed by atoms with Gasteiger partial charge in [0.25, 0.3) is 10.0 Å². The summed E-state index contributed by atoms with van der Waals surface area (Å²) < 4.78 is 38.3. The Morgan fingerprint density at radius 1 is 1.23 bits per heavy atom. The van der Waals surface area contributed by atoms with Gasteiger partial charge in [-0.05, 0) is 42.8 Å². The number of nitrogens with zero attached hydrogens (tertiary/aromatic N) is 1. The van der Waals surface area contributed by atoms with E-state index in [-0.39, 0.29) is 12.1 Å². The maximum absolute atomic E-state index is 12.9. The van der Waals surface area contributed by atoms with Crippen LogP contribution < -0.4 is 20.1 Å². The van der Waals surface area contributed by atoms with Gasteiger partial charge < -0.3 is 20.1 Å². The molecule has 0 radical (unpaired) electrons. The smallest absolute Gasteiger partial charge is 0.319 e. The highest BCUT2D eigenvalue weighted by Crippen LogP contribution is 2.30. The third-order valence-electron chi connectivity index (χ3n) is 5.05. The van der Waals surface area contributed by atoms with Gasteiger partial charge in [0.15, 0.2) is 0 Å². The van der Waals surface area contributed by atoms with Crippen LogP contribution in [0.4, 0.5) is 10.5 Å². The van der Waals surface area contributed by atoms with Crippen LogP contribution in [0.3, 0.4) is 0 Å². The number of ether oxygens (including phenoxy) is 2. The summed E-state index contributed by atoms with van der Waals surface area (Å²) in [5.74, 6) is 1.12. The first-order chi connectivity index (χ1) is 14.5. The second kappa shape index (κ2) is 10.1. The molecule has 0 saturated carbocycles. The quantitative estimate of drug-likeness (QED) is 0.637. The Labute approximate surface area is 181 Å². The van der Waals surface area contributed by atoms with Crippen molar-refractivity contribution in [1.29, 1.82) is 0 Å². The van der Waals surface area contributed by atoms with Crippen molar-refractivity contribution in [3.63, 3.8) is 0 Å². The van der Waals surface area contributed by atoms with Crippen molar-refractivity contribution in [2.45, 2.75) is 35.9 Å². The van der Waals surface area contributed by atoms with Crippen LogP contribution in [0.2, 0.25) is 0 Å². The van der Waals surface area contributed by atoms with E-state index in [0.717, 1.165) is 19.3 Å². The van der Waals surface area contributed by atoms with Crippen LogP contribution in [0.15, 0.2) is 39.9 Å². The third kappa shape index (κ3) is 5.24. The number of thiophene rings is 1. The van der Waals surface area contributed by atoms with E-state index in [1.165, 1.54) is 18.4 Å². The van der Waals surface area contributed by atoms with E-state index in [2.05, 4.69) is 10.6 Å². The molecule has 0 spiro atoms. The highest BCUT2D eigenvalue weighted by atomic mass is 32.2. The molecule has 1 fully saturated rings. The highest BCUT2D eigenvalue weighted by Gasteiger charge is 2.33. The first-order valence-electron chi connectivity index (χ1n) is 9.78. The number of benzene rings is 1. The average molecular weight is 454 g/mol. The molecule has 10 heteroatoms. The van der Waals surface area contributed by atoms with Gasteiger partial charge in [-0.3, -0.25) is 0 Å². The molecule has 0 bridgehead atoms. The molecule has 1 aliphatic rings. The van der Waals surface area contributed by atoms with Crippen LogP contribution in [-0.2, 0) is 10.0 Å². The Bertz CT molecular complexity index is 947. The third-order valence-corrected chi connectivity index (χ3v) is 8.38. The molecular formula is C20H27N3O5S2. The number of carbonyl (C=O) groups excluding carboxylic acids is 1. The largest absolute Gasteiger partial charge is 0.497 e. The lowest BCUT2D eigenvalue weighted by atomic mass is 10.0. The zero-order chi connectivity index (χ0) is 21.6. The molecular weight excluding hydrogens is 426 g/mol. The van der Waals surface area contributed by atoms with E-state index in [1.807, 2.05) is 0 Å². The number of sulfonamides is 1. The summed E-state index contributed by atoms with van der Waals surface area (Å²) in [5.41, 5.74) is 0.523. The second-order valence-corrected chi connectivity index (χ2v) is 10.00. The van der Waals surface area contributed by atoms with Gasteiger partial charge in [-0.2, -0.15) is 4.31 Å². The average Bonchev–Trinajstić information content (AvgIpc) is 3.30. The van der Waals surface area contributed by atoms with Crippen LogP contribution >= 0.6 is 11.3 Å². The Morgan fingerprint density at radius 3 is 2.77 bits per heavy atom. The highest BCUT2D eigenvalue weighted by molar-refractivity contribution is 7.91. The molecule has 0 aliphatic carbocycles. The number of rotatable bonds is 8. The van der Waals surface area contributed by atoms with Gasteiger partial charge in [-0.1, -0.05) is 12.5 Å². The lowest BCUT2D eigenvalue weighted by molar-refractivity contribution is 0.234. The number of nitrogens with one attached hydrogen (secondary N) is 2. The minimum atomic E-state index is -3.49. The summed E-state index contributed by atoms with van der Waals surface area (Å²) in [6.07, 6.45) is 3.18. The molecule has 8 nitrogen and oxygen atoms in total. The molecule has 2 aromatic rings. The van der Waals surface area contributed by atoms with Crippen molar-refractivity contribution in [3.8, 4) is 11.5 Å². The molecule has 1 aromatic heterocycles. The number of urea groups is 1. The Morgan fingerprint density at radius 2 is 2.07 bits per heavy atom. The number of methoxy groups -OCH3 is 2. The monoisotopic (exact) mass is 453 g/mol. The zero-order valence-electron chi connectivity index (χ0n) is 17.1. The summed E-state index contributed by atoms with van der Waals surface area (Å²) in [4.78, 5) is 12.3. The van der Waals surface area contributed by atoms with Gasteiger partial charge in [-0.15, -0.1) is 11.3 Å². The van der Waals surface area contributed by atoms with E-state index in [9.17, 15) is 13.2 Å². The van der Waals surface area contributed by atoms with Crippen LogP contribution in [-0.4, -0.2) is 52.1 Å². The first kappa shape index (κ1) is 22.4.